The maximum absolute atomic E-state index is 6.06. The predicted octanol–water partition coefficient (Wildman–Crippen LogP) is 2.64. The number of benzene rings is 1. The Morgan fingerprint density at radius 2 is 2.26 bits per heavy atom. The number of rotatable bonds is 5. The van der Waals surface area contributed by atoms with Crippen LogP contribution in [0, 0.1) is 0 Å². The van der Waals surface area contributed by atoms with Crippen LogP contribution >= 0.6 is 11.6 Å². The zero-order chi connectivity index (χ0) is 13.2. The second-order valence-electron chi connectivity index (χ2n) is 4.53. The molecule has 0 bridgehead atoms. The molecule has 0 aliphatic heterocycles. The minimum atomic E-state index is 0.254. The third-order valence-electron chi connectivity index (χ3n) is 3.05. The number of halogens is 1. The van der Waals surface area contributed by atoms with Crippen LogP contribution in [0.15, 0.2) is 22.7 Å². The molecule has 2 N–H and O–H groups in total. The zero-order valence-electron chi connectivity index (χ0n) is 10.3. The maximum atomic E-state index is 6.06. The van der Waals surface area contributed by atoms with Gasteiger partial charge in [0.15, 0.2) is 6.61 Å². The third-order valence-corrected chi connectivity index (χ3v) is 3.40. The Labute approximate surface area is 115 Å². The van der Waals surface area contributed by atoms with Crippen molar-refractivity contribution in [2.24, 2.45) is 5.73 Å². The summed E-state index contributed by atoms with van der Waals surface area (Å²) < 4.78 is 10.8. The van der Waals surface area contributed by atoms with Gasteiger partial charge >= 0.3 is 0 Å². The van der Waals surface area contributed by atoms with Gasteiger partial charge in [0.2, 0.25) is 11.7 Å². The van der Waals surface area contributed by atoms with Crippen molar-refractivity contribution in [2.45, 2.75) is 31.9 Å². The van der Waals surface area contributed by atoms with Gasteiger partial charge < -0.3 is 15.0 Å². The number of hydrogen-bond donors (Lipinski definition) is 1. The van der Waals surface area contributed by atoms with E-state index in [0.717, 1.165) is 18.4 Å². The lowest BCUT2D eigenvalue weighted by Gasteiger charge is -2.09. The number of nitrogens with zero attached hydrogens (tertiary/aromatic N) is 2. The minimum Gasteiger partial charge on any atom is -0.485 e. The van der Waals surface area contributed by atoms with Crippen LogP contribution < -0.4 is 10.5 Å². The fraction of sp³-hybridized carbons (Fsp3) is 0.385. The fourth-order valence-electron chi connectivity index (χ4n) is 1.84. The zero-order valence-corrected chi connectivity index (χ0v) is 11.1. The first-order valence-corrected chi connectivity index (χ1v) is 6.58. The van der Waals surface area contributed by atoms with E-state index in [1.807, 2.05) is 12.1 Å². The highest BCUT2D eigenvalue weighted by atomic mass is 35.5. The second-order valence-corrected chi connectivity index (χ2v) is 4.94. The van der Waals surface area contributed by atoms with E-state index in [1.165, 1.54) is 0 Å². The van der Waals surface area contributed by atoms with Crippen molar-refractivity contribution in [3.63, 3.8) is 0 Å². The summed E-state index contributed by atoms with van der Waals surface area (Å²) in [5.74, 6) is 2.37. The first-order valence-electron chi connectivity index (χ1n) is 6.20. The van der Waals surface area contributed by atoms with Crippen molar-refractivity contribution in [3.05, 3.63) is 40.5 Å². The van der Waals surface area contributed by atoms with Gasteiger partial charge in [-0.1, -0.05) is 22.8 Å². The van der Waals surface area contributed by atoms with Gasteiger partial charge in [-0.25, -0.2) is 0 Å². The van der Waals surface area contributed by atoms with Crippen LogP contribution in [-0.4, -0.2) is 10.1 Å². The molecule has 0 atom stereocenters. The van der Waals surface area contributed by atoms with E-state index in [2.05, 4.69) is 10.1 Å². The first kappa shape index (κ1) is 12.4. The van der Waals surface area contributed by atoms with Crippen LogP contribution in [0.5, 0.6) is 5.75 Å². The molecule has 1 saturated carbocycles. The molecule has 1 heterocycles. The van der Waals surface area contributed by atoms with Crippen molar-refractivity contribution in [1.29, 1.82) is 0 Å². The molecule has 2 aromatic rings. The molecule has 3 rings (SSSR count). The number of nitrogens with two attached hydrogens (primary N) is 1. The molecule has 19 heavy (non-hydrogen) atoms. The Hall–Kier alpha value is -1.59. The predicted molar refractivity (Wildman–Crippen MR) is 69.9 cm³/mol. The molecule has 1 aromatic heterocycles. The summed E-state index contributed by atoms with van der Waals surface area (Å²) in [4.78, 5) is 4.30. The van der Waals surface area contributed by atoms with Crippen LogP contribution in [-0.2, 0) is 13.2 Å². The summed E-state index contributed by atoms with van der Waals surface area (Å²) >= 11 is 6.06. The van der Waals surface area contributed by atoms with Crippen LogP contribution in [0.4, 0.5) is 0 Å². The summed E-state index contributed by atoms with van der Waals surface area (Å²) in [5, 5.41) is 4.50. The topological polar surface area (TPSA) is 74.2 Å². The standard InChI is InChI=1S/C13H14ClN3O2/c14-10-2-1-3-11(9(10)6-15)18-7-12-16-13(19-17-12)8-4-5-8/h1-3,8H,4-7,15H2. The number of aromatic nitrogens is 2. The molecule has 0 spiro atoms. The highest BCUT2D eigenvalue weighted by Gasteiger charge is 2.29. The van der Waals surface area contributed by atoms with Crippen molar-refractivity contribution >= 4 is 11.6 Å². The van der Waals surface area contributed by atoms with Crippen molar-refractivity contribution < 1.29 is 9.26 Å². The van der Waals surface area contributed by atoms with Gasteiger partial charge in [0.25, 0.3) is 0 Å². The van der Waals surface area contributed by atoms with Gasteiger partial charge in [0.05, 0.1) is 0 Å². The smallest absolute Gasteiger partial charge is 0.229 e. The van der Waals surface area contributed by atoms with E-state index in [-0.39, 0.29) is 6.61 Å². The van der Waals surface area contributed by atoms with E-state index in [4.69, 9.17) is 26.6 Å². The fourth-order valence-corrected chi connectivity index (χ4v) is 2.08. The Morgan fingerprint density at radius 1 is 1.42 bits per heavy atom. The number of ether oxygens (including phenoxy) is 1. The van der Waals surface area contributed by atoms with E-state index < -0.39 is 0 Å². The molecule has 1 aliphatic rings. The Morgan fingerprint density at radius 3 is 3.00 bits per heavy atom. The molecule has 100 valence electrons. The highest BCUT2D eigenvalue weighted by molar-refractivity contribution is 6.31. The third kappa shape index (κ3) is 2.72. The molecular formula is C13H14ClN3O2. The monoisotopic (exact) mass is 279 g/mol. The molecule has 1 fully saturated rings. The van der Waals surface area contributed by atoms with E-state index in [9.17, 15) is 0 Å². The summed E-state index contributed by atoms with van der Waals surface area (Å²) in [5.41, 5.74) is 6.45. The molecule has 0 amide bonds. The lowest BCUT2D eigenvalue weighted by atomic mass is 10.2. The molecule has 0 radical (unpaired) electrons. The van der Waals surface area contributed by atoms with Crippen LogP contribution in [0.2, 0.25) is 5.02 Å². The van der Waals surface area contributed by atoms with Crippen LogP contribution in [0.3, 0.4) is 0 Å². The maximum Gasteiger partial charge on any atom is 0.229 e. The number of hydrogen-bond acceptors (Lipinski definition) is 5. The van der Waals surface area contributed by atoms with Gasteiger partial charge in [0, 0.05) is 23.0 Å². The Bertz CT molecular complexity index is 581. The van der Waals surface area contributed by atoms with Crippen LogP contribution in [0.25, 0.3) is 0 Å². The van der Waals surface area contributed by atoms with Crippen LogP contribution in [0.1, 0.15) is 36.0 Å². The normalized spacial score (nSPS) is 14.6. The molecule has 6 heteroatoms. The van der Waals surface area contributed by atoms with Gasteiger partial charge in [-0.05, 0) is 25.0 Å². The van der Waals surface area contributed by atoms with Gasteiger partial charge in [-0.3, -0.25) is 0 Å². The lowest BCUT2D eigenvalue weighted by Crippen LogP contribution is -2.04. The highest BCUT2D eigenvalue weighted by Crippen LogP contribution is 2.38. The van der Waals surface area contributed by atoms with E-state index >= 15 is 0 Å². The average molecular weight is 280 g/mol. The molecule has 0 saturated heterocycles. The van der Waals surface area contributed by atoms with E-state index in [0.29, 0.717) is 34.9 Å². The summed E-state index contributed by atoms with van der Waals surface area (Å²) in [6.45, 7) is 0.581. The SMILES string of the molecule is NCc1c(Cl)cccc1OCc1noc(C2CC2)n1. The largest absolute Gasteiger partial charge is 0.485 e. The molecule has 1 aliphatic carbocycles. The summed E-state index contributed by atoms with van der Waals surface area (Å²) in [6, 6.07) is 5.44. The Balaban J connectivity index is 1.69. The van der Waals surface area contributed by atoms with Crippen molar-refractivity contribution in [3.8, 4) is 5.75 Å². The van der Waals surface area contributed by atoms with E-state index in [1.54, 1.807) is 6.07 Å². The van der Waals surface area contributed by atoms with Crippen molar-refractivity contribution in [2.75, 3.05) is 0 Å². The Kier molecular flexibility index (Phi) is 3.40. The summed E-state index contributed by atoms with van der Waals surface area (Å²) in [6.07, 6.45) is 2.27. The average Bonchev–Trinajstić information content (AvgIpc) is 3.16. The lowest BCUT2D eigenvalue weighted by molar-refractivity contribution is 0.282. The molecular weight excluding hydrogens is 266 g/mol. The molecule has 1 aromatic carbocycles. The second kappa shape index (κ2) is 5.19. The molecule has 0 unspecified atom stereocenters. The molecule has 5 nitrogen and oxygen atoms in total. The first-order chi connectivity index (χ1) is 9.28. The van der Waals surface area contributed by atoms with Crippen molar-refractivity contribution in [1.82, 2.24) is 10.1 Å². The quantitative estimate of drug-likeness (QED) is 0.911. The van der Waals surface area contributed by atoms with Gasteiger partial charge in [0.1, 0.15) is 5.75 Å². The van der Waals surface area contributed by atoms with Gasteiger partial charge in [-0.2, -0.15) is 4.98 Å². The minimum absolute atomic E-state index is 0.254. The van der Waals surface area contributed by atoms with Gasteiger partial charge in [-0.15, -0.1) is 0 Å². The summed E-state index contributed by atoms with van der Waals surface area (Å²) in [7, 11) is 0.